The number of fused-ring (bicyclic) bond motifs is 1. The molecule has 0 saturated carbocycles. The summed E-state index contributed by atoms with van der Waals surface area (Å²) >= 11 is 7.50. The fourth-order valence-electron chi connectivity index (χ4n) is 3.21. The number of aromatic nitrogens is 2. The number of aryl methyl sites for hydroxylation is 1. The highest BCUT2D eigenvalue weighted by atomic mass is 35.5. The molecule has 0 radical (unpaired) electrons. The third-order valence-electron chi connectivity index (χ3n) is 4.69. The first-order valence-corrected chi connectivity index (χ1v) is 10.6. The van der Waals surface area contributed by atoms with Crippen LogP contribution in [0.15, 0.2) is 60.1 Å². The molecule has 0 aliphatic carbocycles. The fourth-order valence-corrected chi connectivity index (χ4v) is 4.13. The maximum atomic E-state index is 13.0. The number of amides is 2. The van der Waals surface area contributed by atoms with Gasteiger partial charge in [-0.25, -0.2) is 4.98 Å². The van der Waals surface area contributed by atoms with E-state index >= 15 is 0 Å². The lowest BCUT2D eigenvalue weighted by molar-refractivity contribution is -0.118. The number of halogens is 1. The van der Waals surface area contributed by atoms with Gasteiger partial charge in [-0.3, -0.25) is 9.59 Å². The summed E-state index contributed by atoms with van der Waals surface area (Å²) in [5, 5.41) is 9.32. The molecule has 0 spiro atoms. The van der Waals surface area contributed by atoms with Crippen LogP contribution in [0.5, 0.6) is 0 Å². The average molecular weight is 439 g/mol. The third-order valence-corrected chi connectivity index (χ3v) is 5.89. The molecule has 2 aromatic heterocycles. The minimum Gasteiger partial charge on any atom is -0.361 e. The Balaban J connectivity index is 1.60. The summed E-state index contributed by atoms with van der Waals surface area (Å²) in [6, 6.07) is 13.8. The molecule has 4 aromatic rings. The molecular weight excluding hydrogens is 420 g/mol. The first-order chi connectivity index (χ1) is 14.5. The van der Waals surface area contributed by atoms with Crippen LogP contribution in [0.1, 0.15) is 21.6 Å². The summed E-state index contributed by atoms with van der Waals surface area (Å²) in [7, 11) is 0. The molecule has 1 atom stereocenters. The van der Waals surface area contributed by atoms with E-state index in [1.807, 2.05) is 42.8 Å². The van der Waals surface area contributed by atoms with E-state index in [4.69, 9.17) is 11.6 Å². The molecule has 0 unspecified atom stereocenters. The lowest BCUT2D eigenvalue weighted by Gasteiger charge is -2.18. The zero-order chi connectivity index (χ0) is 21.1. The van der Waals surface area contributed by atoms with Gasteiger partial charge in [0.15, 0.2) is 5.13 Å². The second-order valence-electron chi connectivity index (χ2n) is 6.85. The Morgan fingerprint density at radius 2 is 1.93 bits per heavy atom. The van der Waals surface area contributed by atoms with Gasteiger partial charge in [0, 0.05) is 28.9 Å². The monoisotopic (exact) mass is 438 g/mol. The second kappa shape index (κ2) is 8.69. The Kier molecular flexibility index (Phi) is 5.83. The predicted octanol–water partition coefficient (Wildman–Crippen LogP) is 4.57. The number of rotatable bonds is 6. The molecule has 0 aliphatic heterocycles. The zero-order valence-electron chi connectivity index (χ0n) is 16.1. The summed E-state index contributed by atoms with van der Waals surface area (Å²) in [6.07, 6.45) is 2.18. The van der Waals surface area contributed by atoms with Crippen LogP contribution in [0.3, 0.4) is 0 Å². The number of hydrogen-bond acceptors (Lipinski definition) is 4. The molecule has 30 heavy (non-hydrogen) atoms. The molecule has 2 heterocycles. The predicted molar refractivity (Wildman–Crippen MR) is 120 cm³/mol. The van der Waals surface area contributed by atoms with Gasteiger partial charge in [-0.2, -0.15) is 0 Å². The minimum atomic E-state index is -0.808. The Bertz CT molecular complexity index is 1220. The van der Waals surface area contributed by atoms with Crippen molar-refractivity contribution in [2.24, 2.45) is 0 Å². The van der Waals surface area contributed by atoms with Crippen molar-refractivity contribution in [2.75, 3.05) is 5.32 Å². The smallest absolute Gasteiger partial charge is 0.253 e. The molecule has 0 fully saturated rings. The Hall–Kier alpha value is -3.16. The Morgan fingerprint density at radius 1 is 1.17 bits per heavy atom. The SMILES string of the molecule is Cc1csc(NC(=O)[C@@H](Cc2c[nH]c3ccccc23)NC(=O)c2ccccc2Cl)n1. The average Bonchev–Trinajstić information content (AvgIpc) is 3.33. The van der Waals surface area contributed by atoms with E-state index in [1.54, 1.807) is 24.3 Å². The van der Waals surface area contributed by atoms with Gasteiger partial charge < -0.3 is 15.6 Å². The zero-order valence-corrected chi connectivity index (χ0v) is 17.7. The molecule has 0 saturated heterocycles. The van der Waals surface area contributed by atoms with E-state index in [0.717, 1.165) is 22.2 Å². The number of thiazole rings is 1. The van der Waals surface area contributed by atoms with Crippen molar-refractivity contribution in [3.8, 4) is 0 Å². The van der Waals surface area contributed by atoms with Gasteiger partial charge in [0.2, 0.25) is 5.91 Å². The minimum absolute atomic E-state index is 0.316. The molecule has 3 N–H and O–H groups in total. The van der Waals surface area contributed by atoms with Crippen molar-refractivity contribution in [2.45, 2.75) is 19.4 Å². The number of benzene rings is 2. The van der Waals surface area contributed by atoms with Gasteiger partial charge >= 0.3 is 0 Å². The van der Waals surface area contributed by atoms with Crippen LogP contribution in [0.4, 0.5) is 5.13 Å². The van der Waals surface area contributed by atoms with Gasteiger partial charge in [-0.1, -0.05) is 41.9 Å². The summed E-state index contributed by atoms with van der Waals surface area (Å²) in [6.45, 7) is 1.86. The summed E-state index contributed by atoms with van der Waals surface area (Å²) < 4.78 is 0. The molecule has 0 aliphatic rings. The second-order valence-corrected chi connectivity index (χ2v) is 8.12. The standard InChI is InChI=1S/C22H19ClN4O2S/c1-13-12-30-22(25-13)27-21(29)19(26-20(28)16-7-2-4-8-17(16)23)10-14-11-24-18-9-5-3-6-15(14)18/h2-9,11-12,19,24H,10H2,1H3,(H,26,28)(H,25,27,29)/t19-/m1/s1. The number of carbonyl (C=O) groups is 2. The highest BCUT2D eigenvalue weighted by Gasteiger charge is 2.25. The number of anilines is 1. The van der Waals surface area contributed by atoms with E-state index in [9.17, 15) is 9.59 Å². The van der Waals surface area contributed by atoms with Crippen molar-refractivity contribution in [1.82, 2.24) is 15.3 Å². The van der Waals surface area contributed by atoms with E-state index in [-0.39, 0.29) is 5.91 Å². The first kappa shape index (κ1) is 20.1. The van der Waals surface area contributed by atoms with Crippen LogP contribution in [0.2, 0.25) is 5.02 Å². The van der Waals surface area contributed by atoms with Gasteiger partial charge in [0.25, 0.3) is 5.91 Å². The quantitative estimate of drug-likeness (QED) is 0.412. The highest BCUT2D eigenvalue weighted by molar-refractivity contribution is 7.13. The molecule has 4 rings (SSSR count). The number of nitrogens with one attached hydrogen (secondary N) is 3. The number of aromatic amines is 1. The Labute approximate surface area is 182 Å². The van der Waals surface area contributed by atoms with Crippen LogP contribution >= 0.6 is 22.9 Å². The molecule has 152 valence electrons. The van der Waals surface area contributed by atoms with Gasteiger partial charge in [0.1, 0.15) is 6.04 Å². The van der Waals surface area contributed by atoms with Crippen molar-refractivity contribution in [3.63, 3.8) is 0 Å². The summed E-state index contributed by atoms with van der Waals surface area (Å²) in [5.74, 6) is -0.744. The molecule has 0 bridgehead atoms. The van der Waals surface area contributed by atoms with E-state index in [0.29, 0.717) is 22.1 Å². The number of carbonyl (C=O) groups excluding carboxylic acids is 2. The van der Waals surface area contributed by atoms with Gasteiger partial charge in [-0.05, 0) is 30.7 Å². The molecule has 2 aromatic carbocycles. The normalized spacial score (nSPS) is 11.9. The number of H-pyrrole nitrogens is 1. The van der Waals surface area contributed by atoms with E-state index in [1.165, 1.54) is 11.3 Å². The van der Waals surface area contributed by atoms with Crippen LogP contribution in [0, 0.1) is 6.92 Å². The molecule has 2 amide bonds. The largest absolute Gasteiger partial charge is 0.361 e. The maximum Gasteiger partial charge on any atom is 0.253 e. The lowest BCUT2D eigenvalue weighted by atomic mass is 10.0. The third kappa shape index (κ3) is 4.37. The van der Waals surface area contributed by atoms with Gasteiger partial charge in [-0.15, -0.1) is 11.3 Å². The lowest BCUT2D eigenvalue weighted by Crippen LogP contribution is -2.45. The van der Waals surface area contributed by atoms with Gasteiger partial charge in [0.05, 0.1) is 16.3 Å². The molecule has 8 heteroatoms. The summed E-state index contributed by atoms with van der Waals surface area (Å²) in [4.78, 5) is 33.3. The number of nitrogens with zero attached hydrogens (tertiary/aromatic N) is 1. The van der Waals surface area contributed by atoms with Crippen molar-refractivity contribution < 1.29 is 9.59 Å². The maximum absolute atomic E-state index is 13.0. The van der Waals surface area contributed by atoms with E-state index in [2.05, 4.69) is 20.6 Å². The van der Waals surface area contributed by atoms with E-state index < -0.39 is 11.9 Å². The van der Waals surface area contributed by atoms with Crippen LogP contribution < -0.4 is 10.6 Å². The summed E-state index contributed by atoms with van der Waals surface area (Å²) in [5.41, 5.74) is 3.05. The number of hydrogen-bond donors (Lipinski definition) is 3. The van der Waals surface area contributed by atoms with Crippen LogP contribution in [-0.4, -0.2) is 27.8 Å². The van der Waals surface area contributed by atoms with Crippen LogP contribution in [-0.2, 0) is 11.2 Å². The first-order valence-electron chi connectivity index (χ1n) is 9.34. The number of para-hydroxylation sites is 1. The molecule has 6 nitrogen and oxygen atoms in total. The van der Waals surface area contributed by atoms with Crippen molar-refractivity contribution in [3.05, 3.63) is 82.0 Å². The van der Waals surface area contributed by atoms with Crippen molar-refractivity contribution in [1.29, 1.82) is 0 Å². The molecular formula is C22H19ClN4O2S. The fraction of sp³-hybridized carbons (Fsp3) is 0.136. The van der Waals surface area contributed by atoms with Crippen molar-refractivity contribution >= 4 is 50.8 Å². The highest BCUT2D eigenvalue weighted by Crippen LogP contribution is 2.21. The van der Waals surface area contributed by atoms with Crippen LogP contribution in [0.25, 0.3) is 10.9 Å². The Morgan fingerprint density at radius 3 is 2.70 bits per heavy atom. The topological polar surface area (TPSA) is 86.9 Å².